The molecule has 0 aromatic rings. The molecule has 1 aliphatic rings. The van der Waals surface area contributed by atoms with Gasteiger partial charge < -0.3 is 10.8 Å². The van der Waals surface area contributed by atoms with Crippen molar-refractivity contribution in [3.63, 3.8) is 0 Å². The summed E-state index contributed by atoms with van der Waals surface area (Å²) in [5.74, 6) is -2.43. The first kappa shape index (κ1) is 9.51. The Morgan fingerprint density at radius 3 is 2.46 bits per heavy atom. The van der Waals surface area contributed by atoms with Crippen molar-refractivity contribution in [1.29, 1.82) is 0 Å². The lowest BCUT2D eigenvalue weighted by atomic mass is 9.74. The van der Waals surface area contributed by atoms with Crippen molar-refractivity contribution >= 4 is 11.9 Å². The molecule has 4 heteroatoms. The van der Waals surface area contributed by atoms with Crippen LogP contribution in [0.5, 0.6) is 0 Å². The maximum atomic E-state index is 10.9. The first-order valence-electron chi connectivity index (χ1n) is 3.87. The van der Waals surface area contributed by atoms with Crippen LogP contribution in [0.3, 0.4) is 0 Å². The average molecular weight is 181 g/mol. The number of hydrogen-bond acceptors (Lipinski definition) is 2. The van der Waals surface area contributed by atoms with E-state index in [1.807, 2.05) is 0 Å². The quantitative estimate of drug-likeness (QED) is 0.643. The minimum absolute atomic E-state index is 0.620. The van der Waals surface area contributed by atoms with Gasteiger partial charge in [-0.1, -0.05) is 24.3 Å². The third-order valence-corrected chi connectivity index (χ3v) is 2.27. The molecular formula is C9H11NO3. The summed E-state index contributed by atoms with van der Waals surface area (Å²) < 4.78 is 0. The second-order valence-corrected chi connectivity index (χ2v) is 3.21. The third kappa shape index (κ3) is 1.47. The van der Waals surface area contributed by atoms with E-state index in [2.05, 4.69) is 0 Å². The van der Waals surface area contributed by atoms with Gasteiger partial charge in [-0.2, -0.15) is 0 Å². The molecule has 0 saturated heterocycles. The summed E-state index contributed by atoms with van der Waals surface area (Å²) in [7, 11) is 0. The summed E-state index contributed by atoms with van der Waals surface area (Å²) in [5.41, 5.74) is 3.89. The van der Waals surface area contributed by atoms with E-state index in [0.717, 1.165) is 0 Å². The molecule has 4 nitrogen and oxygen atoms in total. The zero-order chi connectivity index (χ0) is 10.1. The van der Waals surface area contributed by atoms with Crippen molar-refractivity contribution in [3.8, 4) is 0 Å². The van der Waals surface area contributed by atoms with Crippen LogP contribution < -0.4 is 5.73 Å². The van der Waals surface area contributed by atoms with Gasteiger partial charge in [0.2, 0.25) is 5.91 Å². The predicted octanol–water partition coefficient (Wildman–Crippen LogP) is 0.305. The van der Waals surface area contributed by atoms with Crippen LogP contribution in [-0.2, 0) is 9.59 Å². The number of amides is 1. The molecule has 1 aliphatic carbocycles. The summed E-state index contributed by atoms with van der Waals surface area (Å²) in [6, 6.07) is 0. The van der Waals surface area contributed by atoms with Crippen molar-refractivity contribution in [2.75, 3.05) is 0 Å². The Morgan fingerprint density at radius 1 is 1.46 bits per heavy atom. The van der Waals surface area contributed by atoms with Gasteiger partial charge in [0.1, 0.15) is 0 Å². The normalized spacial score (nSPS) is 31.6. The van der Waals surface area contributed by atoms with E-state index < -0.39 is 23.2 Å². The highest BCUT2D eigenvalue weighted by Gasteiger charge is 2.42. The van der Waals surface area contributed by atoms with Crippen molar-refractivity contribution < 1.29 is 14.7 Å². The highest BCUT2D eigenvalue weighted by molar-refractivity contribution is 5.89. The Bertz CT molecular complexity index is 306. The smallest absolute Gasteiger partial charge is 0.314 e. The van der Waals surface area contributed by atoms with Crippen LogP contribution in [0.25, 0.3) is 0 Å². The molecule has 1 rings (SSSR count). The van der Waals surface area contributed by atoms with Crippen LogP contribution in [0.4, 0.5) is 0 Å². The van der Waals surface area contributed by atoms with Crippen LogP contribution in [0, 0.1) is 11.3 Å². The minimum atomic E-state index is -1.21. The van der Waals surface area contributed by atoms with Gasteiger partial charge in [0, 0.05) is 0 Å². The number of allylic oxidation sites excluding steroid dienone is 2. The topological polar surface area (TPSA) is 80.4 Å². The van der Waals surface area contributed by atoms with Gasteiger partial charge in [0.25, 0.3) is 0 Å². The zero-order valence-corrected chi connectivity index (χ0v) is 7.23. The van der Waals surface area contributed by atoms with Crippen molar-refractivity contribution in [3.05, 3.63) is 24.3 Å². The molecule has 0 saturated carbocycles. The summed E-state index contributed by atoms with van der Waals surface area (Å²) in [5, 5.41) is 8.92. The number of carbonyl (C=O) groups is 2. The van der Waals surface area contributed by atoms with Crippen molar-refractivity contribution in [2.24, 2.45) is 17.1 Å². The van der Waals surface area contributed by atoms with E-state index in [9.17, 15) is 9.59 Å². The second-order valence-electron chi connectivity index (χ2n) is 3.21. The summed E-state index contributed by atoms with van der Waals surface area (Å²) in [6.07, 6.45) is 6.22. The predicted molar refractivity (Wildman–Crippen MR) is 46.7 cm³/mol. The second kappa shape index (κ2) is 3.05. The van der Waals surface area contributed by atoms with E-state index in [1.54, 1.807) is 12.2 Å². The molecule has 0 aromatic heterocycles. The Hall–Kier alpha value is -1.58. The molecule has 2 unspecified atom stereocenters. The van der Waals surface area contributed by atoms with Gasteiger partial charge in [-0.25, -0.2) is 0 Å². The molecule has 0 aliphatic heterocycles. The highest BCUT2D eigenvalue weighted by Crippen LogP contribution is 2.33. The highest BCUT2D eigenvalue weighted by atomic mass is 16.4. The van der Waals surface area contributed by atoms with Crippen LogP contribution >= 0.6 is 0 Å². The number of carbonyl (C=O) groups excluding carboxylic acids is 1. The molecule has 0 heterocycles. The summed E-state index contributed by atoms with van der Waals surface area (Å²) in [6.45, 7) is 1.48. The molecule has 1 amide bonds. The van der Waals surface area contributed by atoms with Crippen LogP contribution in [0.1, 0.15) is 6.92 Å². The van der Waals surface area contributed by atoms with Crippen molar-refractivity contribution in [1.82, 2.24) is 0 Å². The lowest BCUT2D eigenvalue weighted by molar-refractivity contribution is -0.149. The molecule has 0 aromatic carbocycles. The first-order valence-corrected chi connectivity index (χ1v) is 3.87. The minimum Gasteiger partial charge on any atom is -0.481 e. The van der Waals surface area contributed by atoms with Gasteiger partial charge in [-0.15, -0.1) is 0 Å². The molecule has 0 radical (unpaired) electrons. The Balaban J connectivity index is 3.07. The van der Waals surface area contributed by atoms with E-state index in [-0.39, 0.29) is 0 Å². The molecule has 0 fully saturated rings. The van der Waals surface area contributed by atoms with Gasteiger partial charge >= 0.3 is 5.97 Å². The number of nitrogens with two attached hydrogens (primary N) is 1. The maximum Gasteiger partial charge on any atom is 0.314 e. The lowest BCUT2D eigenvalue weighted by Crippen LogP contribution is -2.41. The molecule has 70 valence electrons. The number of aliphatic carboxylic acids is 1. The number of hydrogen-bond donors (Lipinski definition) is 2. The molecule has 0 spiro atoms. The number of rotatable bonds is 2. The number of primary amides is 1. The SMILES string of the molecule is CC1(C(=O)O)C=CC=CC1C(N)=O. The first-order chi connectivity index (χ1) is 5.98. The molecule has 2 atom stereocenters. The fraction of sp³-hybridized carbons (Fsp3) is 0.333. The fourth-order valence-electron chi connectivity index (χ4n) is 1.33. The van der Waals surface area contributed by atoms with Gasteiger partial charge in [-0.3, -0.25) is 9.59 Å². The summed E-state index contributed by atoms with van der Waals surface area (Å²) in [4.78, 5) is 21.8. The van der Waals surface area contributed by atoms with Gasteiger partial charge in [0.15, 0.2) is 0 Å². The lowest BCUT2D eigenvalue weighted by Gasteiger charge is -2.28. The van der Waals surface area contributed by atoms with Crippen LogP contribution in [0.15, 0.2) is 24.3 Å². The summed E-state index contributed by atoms with van der Waals surface area (Å²) >= 11 is 0. The number of carboxylic acids is 1. The Labute approximate surface area is 75.7 Å². The van der Waals surface area contributed by atoms with E-state index in [1.165, 1.54) is 19.1 Å². The van der Waals surface area contributed by atoms with E-state index >= 15 is 0 Å². The third-order valence-electron chi connectivity index (χ3n) is 2.27. The molecule has 3 N–H and O–H groups in total. The van der Waals surface area contributed by atoms with E-state index in [4.69, 9.17) is 10.8 Å². The molecule has 0 bridgehead atoms. The standard InChI is InChI=1S/C9H11NO3/c1-9(8(12)13)5-3-2-4-6(9)7(10)11/h2-6H,1H3,(H2,10,11)(H,12,13). The Kier molecular flexibility index (Phi) is 2.23. The molecular weight excluding hydrogens is 170 g/mol. The van der Waals surface area contributed by atoms with Gasteiger partial charge in [-0.05, 0) is 6.92 Å². The zero-order valence-electron chi connectivity index (χ0n) is 7.23. The average Bonchev–Trinajstić information content (AvgIpc) is 2.04. The van der Waals surface area contributed by atoms with Gasteiger partial charge in [0.05, 0.1) is 11.3 Å². The Morgan fingerprint density at radius 2 is 2.08 bits per heavy atom. The van der Waals surface area contributed by atoms with Crippen LogP contribution in [0.2, 0.25) is 0 Å². The monoisotopic (exact) mass is 181 g/mol. The number of carboxylic acid groups (broad SMARTS) is 1. The fourth-order valence-corrected chi connectivity index (χ4v) is 1.33. The van der Waals surface area contributed by atoms with Crippen LogP contribution in [-0.4, -0.2) is 17.0 Å². The van der Waals surface area contributed by atoms with E-state index in [0.29, 0.717) is 0 Å². The molecule has 13 heavy (non-hydrogen) atoms. The van der Waals surface area contributed by atoms with Crippen molar-refractivity contribution in [2.45, 2.75) is 6.92 Å². The maximum absolute atomic E-state index is 10.9. The largest absolute Gasteiger partial charge is 0.481 e.